The summed E-state index contributed by atoms with van der Waals surface area (Å²) in [6, 6.07) is 14.6. The molecule has 128 valence electrons. The van der Waals surface area contributed by atoms with Crippen molar-refractivity contribution in [3.8, 4) is 17.0 Å². The van der Waals surface area contributed by atoms with Crippen molar-refractivity contribution in [1.82, 2.24) is 4.57 Å². The maximum Gasteiger partial charge on any atom is 0.355 e. The van der Waals surface area contributed by atoms with Crippen molar-refractivity contribution in [1.29, 1.82) is 0 Å². The summed E-state index contributed by atoms with van der Waals surface area (Å²) in [5, 5.41) is 0.649. The largest absolute Gasteiger partial charge is 0.497 e. The maximum atomic E-state index is 12.6. The highest BCUT2D eigenvalue weighted by atomic mass is 35.5. The molecule has 0 fully saturated rings. The Balaban J connectivity index is 1.91. The van der Waals surface area contributed by atoms with Gasteiger partial charge in [0.05, 0.1) is 14.2 Å². The van der Waals surface area contributed by atoms with Gasteiger partial charge < -0.3 is 4.74 Å². The third kappa shape index (κ3) is 3.51. The third-order valence-corrected chi connectivity index (χ3v) is 4.34. The summed E-state index contributed by atoms with van der Waals surface area (Å²) in [4.78, 5) is 12.6. The number of imidazole rings is 1. The van der Waals surface area contributed by atoms with Gasteiger partial charge in [-0.3, -0.25) is 10.5 Å². The van der Waals surface area contributed by atoms with Gasteiger partial charge in [-0.25, -0.2) is 9.13 Å². The zero-order valence-corrected chi connectivity index (χ0v) is 14.8. The number of anilines is 1. The van der Waals surface area contributed by atoms with Crippen LogP contribution < -0.4 is 15.0 Å². The van der Waals surface area contributed by atoms with E-state index < -0.39 is 0 Å². The van der Waals surface area contributed by atoms with E-state index in [0.717, 1.165) is 11.3 Å². The van der Waals surface area contributed by atoms with E-state index in [9.17, 15) is 4.79 Å². The first-order valence-corrected chi connectivity index (χ1v) is 8.15. The molecule has 0 unspecified atom stereocenters. The van der Waals surface area contributed by atoms with E-state index in [2.05, 4.69) is 0 Å². The number of hydrogen-bond donors (Lipinski definition) is 1. The van der Waals surface area contributed by atoms with Crippen molar-refractivity contribution in [2.75, 3.05) is 12.8 Å². The Morgan fingerprint density at radius 1 is 1.24 bits per heavy atom. The highest BCUT2D eigenvalue weighted by molar-refractivity contribution is 6.30. The molecule has 0 spiro atoms. The molecule has 0 saturated carbocycles. The Bertz CT molecular complexity index is 934. The van der Waals surface area contributed by atoms with Crippen LogP contribution in [-0.2, 0) is 13.6 Å². The second-order valence-electron chi connectivity index (χ2n) is 5.72. The first kappa shape index (κ1) is 17.0. The fourth-order valence-corrected chi connectivity index (χ4v) is 2.89. The number of nitrogens with zero attached hydrogens (tertiary/aromatic N) is 2. The van der Waals surface area contributed by atoms with Gasteiger partial charge in [0, 0.05) is 16.1 Å². The van der Waals surface area contributed by atoms with Crippen LogP contribution in [0.25, 0.3) is 11.3 Å². The molecule has 0 bridgehead atoms. The number of nitrogens with two attached hydrogens (primary N) is 1. The van der Waals surface area contributed by atoms with E-state index in [1.807, 2.05) is 42.1 Å². The second kappa shape index (κ2) is 6.99. The van der Waals surface area contributed by atoms with E-state index >= 15 is 0 Å². The molecule has 5 nitrogen and oxygen atoms in total. The Hall–Kier alpha value is -2.79. The predicted molar refractivity (Wildman–Crippen MR) is 97.8 cm³/mol. The number of ether oxygens (including phenoxy) is 1. The first-order chi connectivity index (χ1) is 12.0. The number of carbonyl (C=O) groups is 1. The Labute approximate surface area is 151 Å². The van der Waals surface area contributed by atoms with Gasteiger partial charge in [0.2, 0.25) is 0 Å². The molecule has 25 heavy (non-hydrogen) atoms. The fraction of sp³-hybridized carbons (Fsp3) is 0.158. The molecule has 0 radical (unpaired) electrons. The molecule has 0 aliphatic carbocycles. The van der Waals surface area contributed by atoms with E-state index in [-0.39, 0.29) is 12.3 Å². The summed E-state index contributed by atoms with van der Waals surface area (Å²) in [5.74, 6) is 1.10. The number of benzene rings is 2. The van der Waals surface area contributed by atoms with Gasteiger partial charge in [-0.05, 0) is 24.3 Å². The van der Waals surface area contributed by atoms with E-state index in [1.54, 1.807) is 35.9 Å². The van der Waals surface area contributed by atoms with Crippen molar-refractivity contribution in [3.63, 3.8) is 0 Å². The zero-order valence-electron chi connectivity index (χ0n) is 14.1. The number of halogens is 1. The predicted octanol–water partition coefficient (Wildman–Crippen LogP) is 3.11. The Kier molecular flexibility index (Phi) is 4.76. The summed E-state index contributed by atoms with van der Waals surface area (Å²) >= 11 is 6.07. The van der Waals surface area contributed by atoms with Gasteiger partial charge in [-0.1, -0.05) is 35.9 Å². The van der Waals surface area contributed by atoms with Gasteiger partial charge in [0.15, 0.2) is 5.78 Å². The van der Waals surface area contributed by atoms with Crippen LogP contribution in [0.4, 0.5) is 5.95 Å². The average molecular weight is 357 g/mol. The molecular formula is C19H19ClN3O2+. The van der Waals surface area contributed by atoms with Crippen LogP contribution in [0, 0.1) is 0 Å². The molecule has 3 rings (SSSR count). The number of Topliss-reactive ketones (excluding diaryl/α,β-unsaturated/α-hetero) is 1. The number of carbonyl (C=O) groups excluding carboxylic acids is 1. The number of nitrogen functional groups attached to an aromatic ring is 1. The van der Waals surface area contributed by atoms with Gasteiger partial charge in [-0.2, -0.15) is 0 Å². The second-order valence-corrected chi connectivity index (χ2v) is 6.16. The third-order valence-electron chi connectivity index (χ3n) is 4.10. The average Bonchev–Trinajstić information content (AvgIpc) is 2.90. The lowest BCUT2D eigenvalue weighted by Gasteiger charge is -2.03. The van der Waals surface area contributed by atoms with Crippen LogP contribution >= 0.6 is 11.6 Å². The molecule has 0 atom stereocenters. The summed E-state index contributed by atoms with van der Waals surface area (Å²) in [6.07, 6.45) is 1.86. The van der Waals surface area contributed by atoms with E-state index in [0.29, 0.717) is 22.3 Å². The quantitative estimate of drug-likeness (QED) is 0.564. The topological polar surface area (TPSA) is 61.1 Å². The summed E-state index contributed by atoms with van der Waals surface area (Å²) in [7, 11) is 3.43. The minimum Gasteiger partial charge on any atom is -0.497 e. The van der Waals surface area contributed by atoms with E-state index in [4.69, 9.17) is 22.1 Å². The summed E-state index contributed by atoms with van der Waals surface area (Å²) in [5.41, 5.74) is 8.59. The normalized spacial score (nSPS) is 10.7. The van der Waals surface area contributed by atoms with Gasteiger partial charge in [0.1, 0.15) is 24.2 Å². The van der Waals surface area contributed by atoms with Crippen LogP contribution in [0.5, 0.6) is 5.75 Å². The van der Waals surface area contributed by atoms with Crippen molar-refractivity contribution < 1.29 is 14.1 Å². The number of hydrogen-bond acceptors (Lipinski definition) is 3. The smallest absolute Gasteiger partial charge is 0.355 e. The minimum atomic E-state index is -0.0427. The molecule has 1 aromatic heterocycles. The molecule has 2 aromatic carbocycles. The van der Waals surface area contributed by atoms with Gasteiger partial charge in [0.25, 0.3) is 0 Å². The molecule has 0 amide bonds. The van der Waals surface area contributed by atoms with Crippen LogP contribution in [0.1, 0.15) is 10.4 Å². The SMILES string of the molecule is COc1cccc(C(=O)C[n+]2cc(-c3cccc(Cl)c3)n(C)c2N)c1. The highest BCUT2D eigenvalue weighted by Gasteiger charge is 2.20. The first-order valence-electron chi connectivity index (χ1n) is 7.77. The van der Waals surface area contributed by atoms with Gasteiger partial charge >= 0.3 is 5.95 Å². The zero-order chi connectivity index (χ0) is 18.0. The van der Waals surface area contributed by atoms with Crippen LogP contribution in [-0.4, -0.2) is 17.5 Å². The lowest BCUT2D eigenvalue weighted by atomic mass is 10.1. The molecule has 2 N–H and O–H groups in total. The molecule has 0 aliphatic rings. The summed E-state index contributed by atoms with van der Waals surface area (Å²) < 4.78 is 8.74. The van der Waals surface area contributed by atoms with Crippen molar-refractivity contribution in [3.05, 3.63) is 65.3 Å². The van der Waals surface area contributed by atoms with Crippen molar-refractivity contribution in [2.24, 2.45) is 7.05 Å². The lowest BCUT2D eigenvalue weighted by molar-refractivity contribution is -0.667. The van der Waals surface area contributed by atoms with Crippen molar-refractivity contribution in [2.45, 2.75) is 6.54 Å². The van der Waals surface area contributed by atoms with Crippen LogP contribution in [0.2, 0.25) is 5.02 Å². The Morgan fingerprint density at radius 2 is 2.00 bits per heavy atom. The van der Waals surface area contributed by atoms with Gasteiger partial charge in [-0.15, -0.1) is 0 Å². The molecule has 0 saturated heterocycles. The minimum absolute atomic E-state index is 0.0427. The molecule has 0 aliphatic heterocycles. The number of methoxy groups -OCH3 is 1. The maximum absolute atomic E-state index is 12.6. The molecule has 1 heterocycles. The number of aromatic nitrogens is 2. The fourth-order valence-electron chi connectivity index (χ4n) is 2.70. The van der Waals surface area contributed by atoms with Crippen LogP contribution in [0.15, 0.2) is 54.7 Å². The Morgan fingerprint density at radius 3 is 2.72 bits per heavy atom. The van der Waals surface area contributed by atoms with Crippen LogP contribution in [0.3, 0.4) is 0 Å². The molecule has 3 aromatic rings. The molecular weight excluding hydrogens is 338 g/mol. The van der Waals surface area contributed by atoms with E-state index in [1.165, 1.54) is 0 Å². The molecule has 6 heteroatoms. The monoisotopic (exact) mass is 356 g/mol. The number of rotatable bonds is 5. The standard InChI is InChI=1S/C19H18ClN3O2/c1-22-17(13-5-3-7-15(20)9-13)11-23(19(22)21)12-18(24)14-6-4-8-16(10-14)25-2/h3-11,21H,12H2,1-2H3/p+1. The summed E-state index contributed by atoms with van der Waals surface area (Å²) in [6.45, 7) is 0.146. The highest BCUT2D eigenvalue weighted by Crippen LogP contribution is 2.23. The number of ketones is 1. The lowest BCUT2D eigenvalue weighted by Crippen LogP contribution is -2.39. The van der Waals surface area contributed by atoms with Crippen molar-refractivity contribution >= 4 is 23.3 Å².